The Balaban J connectivity index is 1.69. The van der Waals surface area contributed by atoms with Crippen LogP contribution in [0.15, 0.2) is 29.7 Å². The van der Waals surface area contributed by atoms with Gasteiger partial charge in [0.1, 0.15) is 6.33 Å². The third kappa shape index (κ3) is 2.89. The van der Waals surface area contributed by atoms with Gasteiger partial charge in [-0.25, -0.2) is 0 Å². The molecule has 2 heterocycles. The normalized spacial score (nSPS) is 13.3. The number of amides is 1. The molecule has 6 nitrogen and oxygen atoms in total. The van der Waals surface area contributed by atoms with Gasteiger partial charge in [0.05, 0.1) is 12.2 Å². The number of nitrogens with zero attached hydrogens (tertiary/aromatic N) is 3. The van der Waals surface area contributed by atoms with Crippen LogP contribution in [0.5, 0.6) is 0 Å². The zero-order valence-electron chi connectivity index (χ0n) is 12.4. The van der Waals surface area contributed by atoms with Gasteiger partial charge in [-0.05, 0) is 37.6 Å². The molecule has 0 spiro atoms. The molecule has 1 amide bonds. The van der Waals surface area contributed by atoms with Gasteiger partial charge in [0.2, 0.25) is 5.91 Å². The fourth-order valence-electron chi connectivity index (χ4n) is 2.31. The molecule has 3 rings (SSSR count). The van der Waals surface area contributed by atoms with Crippen LogP contribution in [0.1, 0.15) is 35.8 Å². The lowest BCUT2D eigenvalue weighted by molar-refractivity contribution is -0.115. The molecule has 0 saturated carbocycles. The zero-order chi connectivity index (χ0) is 15.7. The number of rotatable bonds is 5. The Morgan fingerprint density at radius 2 is 2.27 bits per heavy atom. The van der Waals surface area contributed by atoms with E-state index in [-0.39, 0.29) is 17.7 Å². The number of hydrogen-bond donors (Lipinski definition) is 1. The number of aromatic nitrogens is 3. The lowest BCUT2D eigenvalue weighted by Gasteiger charge is -2.09. The highest BCUT2D eigenvalue weighted by molar-refractivity contribution is 7.99. The first-order valence-corrected chi connectivity index (χ1v) is 8.01. The largest absolute Gasteiger partial charge is 0.326 e. The van der Waals surface area contributed by atoms with Gasteiger partial charge in [-0.2, -0.15) is 0 Å². The molecule has 2 aromatic rings. The summed E-state index contributed by atoms with van der Waals surface area (Å²) in [7, 11) is 0. The summed E-state index contributed by atoms with van der Waals surface area (Å²) in [6.45, 7) is 4.08. The monoisotopic (exact) mass is 316 g/mol. The quantitative estimate of drug-likeness (QED) is 0.677. The van der Waals surface area contributed by atoms with Crippen LogP contribution < -0.4 is 5.32 Å². The van der Waals surface area contributed by atoms with Gasteiger partial charge in [0.25, 0.3) is 0 Å². The highest BCUT2D eigenvalue weighted by atomic mass is 32.2. The minimum atomic E-state index is -0.0287. The average Bonchev–Trinajstić information content (AvgIpc) is 3.08. The van der Waals surface area contributed by atoms with E-state index in [9.17, 15) is 9.59 Å². The molecule has 7 heteroatoms. The summed E-state index contributed by atoms with van der Waals surface area (Å²) in [5.74, 6) is 0.287. The van der Waals surface area contributed by atoms with Gasteiger partial charge >= 0.3 is 0 Å². The van der Waals surface area contributed by atoms with Crippen LogP contribution in [0.4, 0.5) is 5.69 Å². The Morgan fingerprint density at radius 3 is 3.05 bits per heavy atom. The molecule has 1 aromatic heterocycles. The van der Waals surface area contributed by atoms with Gasteiger partial charge in [0.15, 0.2) is 10.9 Å². The molecule has 1 aromatic carbocycles. The Labute approximate surface area is 132 Å². The van der Waals surface area contributed by atoms with Crippen LogP contribution in [0.3, 0.4) is 0 Å². The fourth-order valence-corrected chi connectivity index (χ4v) is 3.24. The Kier molecular flexibility index (Phi) is 3.98. The van der Waals surface area contributed by atoms with Gasteiger partial charge in [0, 0.05) is 17.3 Å². The minimum Gasteiger partial charge on any atom is -0.326 e. The first-order valence-electron chi connectivity index (χ1n) is 7.03. The van der Waals surface area contributed by atoms with E-state index >= 15 is 0 Å². The van der Waals surface area contributed by atoms with Crippen LogP contribution in [-0.2, 0) is 11.2 Å². The van der Waals surface area contributed by atoms with Gasteiger partial charge < -0.3 is 9.88 Å². The van der Waals surface area contributed by atoms with Crippen molar-refractivity contribution in [2.75, 3.05) is 11.1 Å². The summed E-state index contributed by atoms with van der Waals surface area (Å²) >= 11 is 1.38. The van der Waals surface area contributed by atoms with Crippen LogP contribution in [0, 0.1) is 0 Å². The third-order valence-corrected chi connectivity index (χ3v) is 4.44. The number of ketones is 1. The molecular weight excluding hydrogens is 300 g/mol. The predicted octanol–water partition coefficient (Wildman–Crippen LogP) is 2.33. The molecule has 1 aliphatic heterocycles. The maximum absolute atomic E-state index is 12.3. The van der Waals surface area contributed by atoms with Gasteiger partial charge in [-0.3, -0.25) is 9.59 Å². The molecule has 0 bridgehead atoms. The lowest BCUT2D eigenvalue weighted by atomic mass is 10.1. The maximum Gasteiger partial charge on any atom is 0.228 e. The number of carbonyl (C=O) groups excluding carboxylic acids is 2. The summed E-state index contributed by atoms with van der Waals surface area (Å²) in [5, 5.41) is 11.4. The van der Waals surface area contributed by atoms with E-state index in [1.165, 1.54) is 11.8 Å². The van der Waals surface area contributed by atoms with Gasteiger partial charge in [-0.15, -0.1) is 10.2 Å². The average molecular weight is 316 g/mol. The Bertz CT molecular complexity index is 739. The van der Waals surface area contributed by atoms with Crippen molar-refractivity contribution in [3.63, 3.8) is 0 Å². The van der Waals surface area contributed by atoms with Crippen molar-refractivity contribution in [2.45, 2.75) is 31.5 Å². The standard InChI is InChI=1S/C15H16N4O2S/c1-9(2)19-8-16-18-15(19)22-7-13(20)10-3-4-12-11(5-10)6-14(21)17-12/h3-5,8-9H,6-7H2,1-2H3,(H,17,21). The molecule has 0 aliphatic carbocycles. The Morgan fingerprint density at radius 1 is 1.45 bits per heavy atom. The fraction of sp³-hybridized carbons (Fsp3) is 0.333. The molecule has 22 heavy (non-hydrogen) atoms. The van der Waals surface area contributed by atoms with Crippen LogP contribution in [-0.4, -0.2) is 32.2 Å². The lowest BCUT2D eigenvalue weighted by Crippen LogP contribution is -2.06. The van der Waals surface area contributed by atoms with E-state index < -0.39 is 0 Å². The van der Waals surface area contributed by atoms with Crippen molar-refractivity contribution in [3.8, 4) is 0 Å². The first-order chi connectivity index (χ1) is 10.5. The number of anilines is 1. The van der Waals surface area contributed by atoms with Crippen LogP contribution >= 0.6 is 11.8 Å². The number of Topliss-reactive ketones (excluding diaryl/α,β-unsaturated/α-hetero) is 1. The molecule has 114 valence electrons. The zero-order valence-corrected chi connectivity index (χ0v) is 13.2. The summed E-state index contributed by atoms with van der Waals surface area (Å²) in [6, 6.07) is 5.59. The SMILES string of the molecule is CC(C)n1cnnc1SCC(=O)c1ccc2c(c1)CC(=O)N2. The second kappa shape index (κ2) is 5.92. The molecular formula is C15H16N4O2S. The number of fused-ring (bicyclic) bond motifs is 1. The molecule has 0 atom stereocenters. The smallest absolute Gasteiger partial charge is 0.228 e. The second-order valence-corrected chi connectivity index (χ2v) is 6.37. The molecule has 1 aliphatic rings. The molecule has 0 radical (unpaired) electrons. The molecule has 1 N–H and O–H groups in total. The van der Waals surface area contributed by atoms with Crippen molar-refractivity contribution in [1.29, 1.82) is 0 Å². The van der Waals surface area contributed by atoms with Crippen LogP contribution in [0.2, 0.25) is 0 Å². The van der Waals surface area contributed by atoms with Crippen molar-refractivity contribution in [1.82, 2.24) is 14.8 Å². The molecule has 0 unspecified atom stereocenters. The highest BCUT2D eigenvalue weighted by Gasteiger charge is 2.19. The van der Waals surface area contributed by atoms with E-state index in [0.717, 1.165) is 16.4 Å². The van der Waals surface area contributed by atoms with E-state index in [1.54, 1.807) is 24.5 Å². The number of thioether (sulfide) groups is 1. The number of hydrogen-bond acceptors (Lipinski definition) is 5. The summed E-state index contributed by atoms with van der Waals surface area (Å²) < 4.78 is 1.93. The van der Waals surface area contributed by atoms with Crippen molar-refractivity contribution >= 4 is 29.1 Å². The second-order valence-electron chi connectivity index (χ2n) is 5.42. The highest BCUT2D eigenvalue weighted by Crippen LogP contribution is 2.25. The van der Waals surface area contributed by atoms with Crippen molar-refractivity contribution in [3.05, 3.63) is 35.7 Å². The summed E-state index contributed by atoms with van der Waals surface area (Å²) in [6.07, 6.45) is 2.01. The Hall–Kier alpha value is -2.15. The molecule has 0 fully saturated rings. The maximum atomic E-state index is 12.3. The number of benzene rings is 1. The number of carbonyl (C=O) groups is 2. The topological polar surface area (TPSA) is 76.9 Å². The van der Waals surface area contributed by atoms with E-state index in [0.29, 0.717) is 17.7 Å². The van der Waals surface area contributed by atoms with E-state index in [2.05, 4.69) is 15.5 Å². The van der Waals surface area contributed by atoms with Gasteiger partial charge in [-0.1, -0.05) is 11.8 Å². The summed E-state index contributed by atoms with van der Waals surface area (Å²) in [4.78, 5) is 23.7. The first kappa shape index (κ1) is 14.8. The summed E-state index contributed by atoms with van der Waals surface area (Å²) in [5.41, 5.74) is 2.30. The molecule has 0 saturated heterocycles. The van der Waals surface area contributed by atoms with Crippen LogP contribution in [0.25, 0.3) is 0 Å². The van der Waals surface area contributed by atoms with Crippen molar-refractivity contribution in [2.24, 2.45) is 0 Å². The van der Waals surface area contributed by atoms with Crippen molar-refractivity contribution < 1.29 is 9.59 Å². The van der Waals surface area contributed by atoms with E-state index in [1.807, 2.05) is 18.4 Å². The number of nitrogens with one attached hydrogen (secondary N) is 1. The van der Waals surface area contributed by atoms with E-state index in [4.69, 9.17) is 0 Å². The minimum absolute atomic E-state index is 0.0189. The predicted molar refractivity (Wildman–Crippen MR) is 84.2 cm³/mol. The third-order valence-electron chi connectivity index (χ3n) is 3.48.